The number of hydrogen-bond donors (Lipinski definition) is 2. The molecule has 14 heavy (non-hydrogen) atoms. The van der Waals surface area contributed by atoms with Crippen molar-refractivity contribution in [2.75, 3.05) is 13.7 Å². The van der Waals surface area contributed by atoms with Gasteiger partial charge in [0.15, 0.2) is 0 Å². The van der Waals surface area contributed by atoms with Crippen LogP contribution in [0.4, 0.5) is 0 Å². The summed E-state index contributed by atoms with van der Waals surface area (Å²) in [5.74, 6) is -0.893. The Labute approximate surface area is 81.8 Å². The molecule has 0 aliphatic carbocycles. The minimum Gasteiger partial charge on any atom is -0.508 e. The monoisotopic (exact) mass is 196 g/mol. The first-order valence-electron chi connectivity index (χ1n) is 4.19. The fraction of sp³-hybridized carbons (Fsp3) is 0.300. The molecule has 1 aromatic carbocycles. The van der Waals surface area contributed by atoms with Crippen LogP contribution in [0.1, 0.15) is 15.9 Å². The van der Waals surface area contributed by atoms with Crippen LogP contribution >= 0.6 is 0 Å². The van der Waals surface area contributed by atoms with Gasteiger partial charge in [-0.25, -0.2) is 4.79 Å². The first-order chi connectivity index (χ1) is 6.65. The van der Waals surface area contributed by atoms with Crippen molar-refractivity contribution in [2.24, 2.45) is 0 Å². The van der Waals surface area contributed by atoms with Crippen molar-refractivity contribution in [3.63, 3.8) is 0 Å². The van der Waals surface area contributed by atoms with Crippen LogP contribution in [0.2, 0.25) is 0 Å². The van der Waals surface area contributed by atoms with Gasteiger partial charge in [0.1, 0.15) is 5.75 Å². The summed E-state index contributed by atoms with van der Waals surface area (Å²) in [6.45, 7) is 0.455. The maximum Gasteiger partial charge on any atom is 0.335 e. The van der Waals surface area contributed by atoms with Gasteiger partial charge in [-0.15, -0.1) is 0 Å². The number of carboxylic acid groups (broad SMARTS) is 1. The van der Waals surface area contributed by atoms with Gasteiger partial charge in [-0.1, -0.05) is 0 Å². The second-order valence-corrected chi connectivity index (χ2v) is 2.89. The molecule has 0 unspecified atom stereocenters. The average Bonchev–Trinajstić information content (AvgIpc) is 2.16. The molecule has 1 aromatic rings. The zero-order chi connectivity index (χ0) is 10.6. The number of aromatic hydroxyl groups is 1. The number of carboxylic acids is 1. The van der Waals surface area contributed by atoms with Crippen molar-refractivity contribution in [2.45, 2.75) is 6.42 Å². The van der Waals surface area contributed by atoms with Crippen molar-refractivity contribution < 1.29 is 19.7 Å². The van der Waals surface area contributed by atoms with E-state index < -0.39 is 5.97 Å². The molecule has 0 aliphatic heterocycles. The van der Waals surface area contributed by atoms with Crippen LogP contribution in [-0.4, -0.2) is 29.9 Å². The summed E-state index contributed by atoms with van der Waals surface area (Å²) >= 11 is 0. The van der Waals surface area contributed by atoms with E-state index in [1.807, 2.05) is 0 Å². The van der Waals surface area contributed by atoms with E-state index >= 15 is 0 Å². The van der Waals surface area contributed by atoms with Gasteiger partial charge in [0.25, 0.3) is 0 Å². The topological polar surface area (TPSA) is 66.8 Å². The lowest BCUT2D eigenvalue weighted by Gasteiger charge is -2.04. The third-order valence-corrected chi connectivity index (χ3v) is 1.90. The first-order valence-corrected chi connectivity index (χ1v) is 4.19. The molecular formula is C10H12O4. The third kappa shape index (κ3) is 2.47. The van der Waals surface area contributed by atoms with Gasteiger partial charge in [0.05, 0.1) is 12.2 Å². The molecule has 0 atom stereocenters. The number of aromatic carboxylic acids is 1. The van der Waals surface area contributed by atoms with E-state index in [4.69, 9.17) is 9.84 Å². The van der Waals surface area contributed by atoms with Crippen LogP contribution in [0.25, 0.3) is 0 Å². The molecule has 0 fully saturated rings. The predicted molar refractivity (Wildman–Crippen MR) is 50.6 cm³/mol. The maximum absolute atomic E-state index is 10.6. The van der Waals surface area contributed by atoms with Crippen LogP contribution in [0.15, 0.2) is 18.2 Å². The van der Waals surface area contributed by atoms with Gasteiger partial charge in [-0.2, -0.15) is 0 Å². The summed E-state index contributed by atoms with van der Waals surface area (Å²) in [7, 11) is 1.55. The number of phenolic OH excluding ortho intramolecular Hbond substituents is 1. The predicted octanol–water partition coefficient (Wildman–Crippen LogP) is 1.28. The van der Waals surface area contributed by atoms with E-state index in [1.54, 1.807) is 7.11 Å². The second kappa shape index (κ2) is 4.62. The van der Waals surface area contributed by atoms with E-state index in [2.05, 4.69) is 0 Å². The van der Waals surface area contributed by atoms with Gasteiger partial charge in [-0.3, -0.25) is 0 Å². The molecule has 0 spiro atoms. The Balaban J connectivity index is 2.90. The highest BCUT2D eigenvalue weighted by Crippen LogP contribution is 2.19. The molecule has 0 saturated heterocycles. The summed E-state index contributed by atoms with van der Waals surface area (Å²) in [4.78, 5) is 10.6. The molecule has 0 amide bonds. The van der Waals surface area contributed by atoms with Crippen molar-refractivity contribution in [3.05, 3.63) is 29.3 Å². The number of hydrogen-bond acceptors (Lipinski definition) is 3. The largest absolute Gasteiger partial charge is 0.508 e. The number of benzene rings is 1. The first kappa shape index (κ1) is 10.5. The lowest BCUT2D eigenvalue weighted by atomic mass is 10.1. The number of rotatable bonds is 4. The van der Waals surface area contributed by atoms with E-state index in [0.717, 1.165) is 0 Å². The molecule has 76 valence electrons. The van der Waals surface area contributed by atoms with Gasteiger partial charge in [0.2, 0.25) is 0 Å². The number of ether oxygens (including phenoxy) is 1. The normalized spacial score (nSPS) is 10.1. The highest BCUT2D eigenvalue weighted by atomic mass is 16.5. The van der Waals surface area contributed by atoms with E-state index in [0.29, 0.717) is 18.6 Å². The molecule has 0 radical (unpaired) electrons. The minimum absolute atomic E-state index is 0.104. The Morgan fingerprint density at radius 1 is 1.50 bits per heavy atom. The van der Waals surface area contributed by atoms with Gasteiger partial charge in [-0.05, 0) is 30.2 Å². The van der Waals surface area contributed by atoms with E-state index in [1.165, 1.54) is 18.2 Å². The number of phenols is 1. The van der Waals surface area contributed by atoms with Crippen LogP contribution in [0, 0.1) is 0 Å². The summed E-state index contributed by atoms with van der Waals surface area (Å²) in [5, 5.41) is 18.1. The molecule has 0 aromatic heterocycles. The summed E-state index contributed by atoms with van der Waals surface area (Å²) in [6, 6.07) is 4.21. The Morgan fingerprint density at radius 2 is 2.21 bits per heavy atom. The Bertz CT molecular complexity index is 333. The quantitative estimate of drug-likeness (QED) is 0.761. The zero-order valence-electron chi connectivity index (χ0n) is 7.86. The van der Waals surface area contributed by atoms with Crippen LogP contribution in [0.3, 0.4) is 0 Å². The van der Waals surface area contributed by atoms with E-state index in [-0.39, 0.29) is 11.3 Å². The van der Waals surface area contributed by atoms with Gasteiger partial charge in [0, 0.05) is 7.11 Å². The fourth-order valence-corrected chi connectivity index (χ4v) is 1.13. The minimum atomic E-state index is -0.997. The summed E-state index contributed by atoms with van der Waals surface area (Å²) in [5.41, 5.74) is 0.764. The van der Waals surface area contributed by atoms with Crippen LogP contribution in [-0.2, 0) is 11.2 Å². The zero-order valence-corrected chi connectivity index (χ0v) is 7.86. The maximum atomic E-state index is 10.6. The van der Waals surface area contributed by atoms with Gasteiger partial charge >= 0.3 is 5.97 Å². The molecule has 4 nitrogen and oxygen atoms in total. The van der Waals surface area contributed by atoms with Gasteiger partial charge < -0.3 is 14.9 Å². The van der Waals surface area contributed by atoms with Crippen LogP contribution < -0.4 is 0 Å². The third-order valence-electron chi connectivity index (χ3n) is 1.90. The Hall–Kier alpha value is -1.55. The molecule has 1 rings (SSSR count). The average molecular weight is 196 g/mol. The lowest BCUT2D eigenvalue weighted by molar-refractivity contribution is 0.0696. The lowest BCUT2D eigenvalue weighted by Crippen LogP contribution is -2.00. The molecule has 0 saturated carbocycles. The summed E-state index contributed by atoms with van der Waals surface area (Å²) in [6.07, 6.45) is 0.503. The van der Waals surface area contributed by atoms with Crippen molar-refractivity contribution in [3.8, 4) is 5.75 Å². The molecular weight excluding hydrogens is 184 g/mol. The van der Waals surface area contributed by atoms with Crippen molar-refractivity contribution in [1.82, 2.24) is 0 Å². The highest BCUT2D eigenvalue weighted by Gasteiger charge is 2.07. The smallest absolute Gasteiger partial charge is 0.335 e. The van der Waals surface area contributed by atoms with Crippen molar-refractivity contribution in [1.29, 1.82) is 0 Å². The van der Waals surface area contributed by atoms with E-state index in [9.17, 15) is 9.90 Å². The molecule has 0 bridgehead atoms. The summed E-state index contributed by atoms with van der Waals surface area (Å²) < 4.78 is 4.84. The Morgan fingerprint density at radius 3 is 2.79 bits per heavy atom. The highest BCUT2D eigenvalue weighted by molar-refractivity contribution is 5.88. The fourth-order valence-electron chi connectivity index (χ4n) is 1.13. The number of carbonyl (C=O) groups is 1. The van der Waals surface area contributed by atoms with Crippen LogP contribution in [0.5, 0.6) is 5.75 Å². The van der Waals surface area contributed by atoms with Crippen molar-refractivity contribution >= 4 is 5.97 Å². The standard InChI is InChI=1S/C10H12O4/c1-14-5-4-7-6-8(10(12)13)2-3-9(7)11/h2-3,6,11H,4-5H2,1H3,(H,12,13). The Kier molecular flexibility index (Phi) is 3.48. The second-order valence-electron chi connectivity index (χ2n) is 2.89. The molecule has 2 N–H and O–H groups in total. The molecule has 0 heterocycles. The number of methoxy groups -OCH3 is 1. The molecule has 0 aliphatic rings. The molecule has 4 heteroatoms. The SMILES string of the molecule is COCCc1cc(C(=O)O)ccc1O.